The van der Waals surface area contributed by atoms with Gasteiger partial charge in [-0.25, -0.2) is 0 Å². The van der Waals surface area contributed by atoms with Crippen molar-refractivity contribution < 1.29 is 4.92 Å². The van der Waals surface area contributed by atoms with E-state index in [4.69, 9.17) is 0 Å². The van der Waals surface area contributed by atoms with Crippen molar-refractivity contribution in [1.29, 1.82) is 0 Å². The Morgan fingerprint density at radius 2 is 1.57 bits per heavy atom. The number of aryl methyl sites for hydroxylation is 1. The highest BCUT2D eigenvalue weighted by Crippen LogP contribution is 2.13. The Morgan fingerprint density at radius 3 is 2.19 bits per heavy atom. The van der Waals surface area contributed by atoms with Crippen LogP contribution in [-0.2, 0) is 6.42 Å². The van der Waals surface area contributed by atoms with Crippen molar-refractivity contribution >= 4 is 5.69 Å². The Kier molecular flexibility index (Phi) is 9.46. The average Bonchev–Trinajstić information content (AvgIpc) is 2.49. The molecule has 0 radical (unpaired) electrons. The van der Waals surface area contributed by atoms with Crippen LogP contribution in [0.25, 0.3) is 0 Å². The number of nitro benzene ring substituents is 1. The average molecular weight is 292 g/mol. The van der Waals surface area contributed by atoms with E-state index in [9.17, 15) is 10.1 Å². The molecule has 0 aromatic heterocycles. The number of nitro groups is 1. The summed E-state index contributed by atoms with van der Waals surface area (Å²) < 4.78 is 0. The number of non-ortho nitro benzene ring substituents is 1. The minimum atomic E-state index is -0.353. The van der Waals surface area contributed by atoms with Crippen LogP contribution >= 0.6 is 0 Å². The molecule has 0 atom stereocenters. The molecule has 0 heterocycles. The standard InChI is InChI=1S/C17H28N2O2/c1-2-3-4-5-7-14-18-15-8-6-9-16-10-12-17(13-11-16)19(20)21/h10-13,18H,2-9,14-15H2,1H3. The Balaban J connectivity index is 1.98. The third-order valence-corrected chi connectivity index (χ3v) is 3.67. The molecule has 0 unspecified atom stereocenters. The van der Waals surface area contributed by atoms with Crippen LogP contribution in [-0.4, -0.2) is 18.0 Å². The van der Waals surface area contributed by atoms with Crippen LogP contribution in [0.3, 0.4) is 0 Å². The van der Waals surface area contributed by atoms with E-state index in [-0.39, 0.29) is 10.6 Å². The molecule has 1 aromatic rings. The maximum absolute atomic E-state index is 10.6. The molecule has 21 heavy (non-hydrogen) atoms. The maximum Gasteiger partial charge on any atom is 0.269 e. The van der Waals surface area contributed by atoms with Crippen LogP contribution in [0.5, 0.6) is 0 Å². The van der Waals surface area contributed by atoms with Crippen LogP contribution < -0.4 is 5.32 Å². The van der Waals surface area contributed by atoms with Gasteiger partial charge in [0.1, 0.15) is 0 Å². The molecule has 0 aliphatic carbocycles. The first-order valence-electron chi connectivity index (χ1n) is 8.18. The second-order valence-electron chi connectivity index (χ2n) is 5.54. The van der Waals surface area contributed by atoms with E-state index >= 15 is 0 Å². The Hall–Kier alpha value is -1.42. The lowest BCUT2D eigenvalue weighted by atomic mass is 10.1. The molecule has 0 fully saturated rings. The van der Waals surface area contributed by atoms with Gasteiger partial charge in [-0.3, -0.25) is 10.1 Å². The summed E-state index contributed by atoms with van der Waals surface area (Å²) in [5, 5.41) is 14.0. The van der Waals surface area contributed by atoms with Gasteiger partial charge in [0.25, 0.3) is 5.69 Å². The van der Waals surface area contributed by atoms with Crippen molar-refractivity contribution in [1.82, 2.24) is 5.32 Å². The summed E-state index contributed by atoms with van der Waals surface area (Å²) in [6.07, 6.45) is 9.92. The van der Waals surface area contributed by atoms with E-state index in [0.29, 0.717) is 0 Å². The fourth-order valence-electron chi connectivity index (χ4n) is 2.34. The van der Waals surface area contributed by atoms with Gasteiger partial charge in [0.15, 0.2) is 0 Å². The van der Waals surface area contributed by atoms with Gasteiger partial charge in [0, 0.05) is 12.1 Å². The smallest absolute Gasteiger partial charge is 0.269 e. The number of hydrogen-bond donors (Lipinski definition) is 1. The first-order valence-corrected chi connectivity index (χ1v) is 8.18. The molecule has 0 saturated carbocycles. The molecule has 0 saturated heterocycles. The third-order valence-electron chi connectivity index (χ3n) is 3.67. The van der Waals surface area contributed by atoms with E-state index in [2.05, 4.69) is 12.2 Å². The number of nitrogens with one attached hydrogen (secondary N) is 1. The molecule has 1 N–H and O–H groups in total. The van der Waals surface area contributed by atoms with E-state index in [1.807, 2.05) is 12.1 Å². The fourth-order valence-corrected chi connectivity index (χ4v) is 2.34. The minimum absolute atomic E-state index is 0.170. The van der Waals surface area contributed by atoms with Crippen molar-refractivity contribution in [2.45, 2.75) is 58.3 Å². The number of unbranched alkanes of at least 4 members (excludes halogenated alkanes) is 5. The van der Waals surface area contributed by atoms with Gasteiger partial charge in [-0.05, 0) is 44.3 Å². The van der Waals surface area contributed by atoms with Crippen molar-refractivity contribution in [3.8, 4) is 0 Å². The van der Waals surface area contributed by atoms with Crippen molar-refractivity contribution in [3.63, 3.8) is 0 Å². The summed E-state index contributed by atoms with van der Waals surface area (Å²) in [4.78, 5) is 10.2. The molecular formula is C17H28N2O2. The summed E-state index contributed by atoms with van der Waals surface area (Å²) in [5.74, 6) is 0. The van der Waals surface area contributed by atoms with Crippen molar-refractivity contribution in [3.05, 3.63) is 39.9 Å². The fraction of sp³-hybridized carbons (Fsp3) is 0.647. The highest BCUT2D eigenvalue weighted by molar-refractivity contribution is 5.32. The zero-order valence-electron chi connectivity index (χ0n) is 13.1. The predicted octanol–water partition coefficient (Wildman–Crippen LogP) is 4.48. The topological polar surface area (TPSA) is 55.2 Å². The van der Waals surface area contributed by atoms with Crippen LogP contribution in [0, 0.1) is 10.1 Å². The lowest BCUT2D eigenvalue weighted by Crippen LogP contribution is -2.16. The summed E-state index contributed by atoms with van der Waals surface area (Å²) in [6.45, 7) is 4.44. The van der Waals surface area contributed by atoms with E-state index < -0.39 is 0 Å². The van der Waals surface area contributed by atoms with Gasteiger partial charge in [-0.1, -0.05) is 44.7 Å². The van der Waals surface area contributed by atoms with Crippen LogP contribution in [0.1, 0.15) is 57.4 Å². The van der Waals surface area contributed by atoms with Gasteiger partial charge in [0.05, 0.1) is 4.92 Å². The van der Waals surface area contributed by atoms with Crippen LogP contribution in [0.4, 0.5) is 5.69 Å². The van der Waals surface area contributed by atoms with Crippen LogP contribution in [0.2, 0.25) is 0 Å². The minimum Gasteiger partial charge on any atom is -0.317 e. The Bertz CT molecular complexity index is 390. The molecule has 1 rings (SSSR count). The molecule has 0 aliphatic rings. The highest BCUT2D eigenvalue weighted by Gasteiger charge is 2.03. The number of rotatable bonds is 12. The summed E-state index contributed by atoms with van der Waals surface area (Å²) in [5.41, 5.74) is 1.35. The summed E-state index contributed by atoms with van der Waals surface area (Å²) in [7, 11) is 0. The van der Waals surface area contributed by atoms with E-state index in [1.165, 1.54) is 37.7 Å². The first kappa shape index (κ1) is 17.6. The lowest BCUT2D eigenvalue weighted by molar-refractivity contribution is -0.384. The number of nitrogens with zero attached hydrogens (tertiary/aromatic N) is 1. The first-order chi connectivity index (χ1) is 10.2. The van der Waals surface area contributed by atoms with Gasteiger partial charge in [-0.15, -0.1) is 0 Å². The molecule has 4 heteroatoms. The van der Waals surface area contributed by atoms with E-state index in [1.54, 1.807) is 12.1 Å². The molecule has 0 aliphatic heterocycles. The van der Waals surface area contributed by atoms with Crippen molar-refractivity contribution in [2.24, 2.45) is 0 Å². The molecule has 4 nitrogen and oxygen atoms in total. The molecule has 0 amide bonds. The monoisotopic (exact) mass is 292 g/mol. The number of hydrogen-bond acceptors (Lipinski definition) is 3. The van der Waals surface area contributed by atoms with Crippen LogP contribution in [0.15, 0.2) is 24.3 Å². The van der Waals surface area contributed by atoms with Gasteiger partial charge in [0.2, 0.25) is 0 Å². The maximum atomic E-state index is 10.6. The number of benzene rings is 1. The van der Waals surface area contributed by atoms with E-state index in [0.717, 1.165) is 32.4 Å². The van der Waals surface area contributed by atoms with Gasteiger partial charge in [-0.2, -0.15) is 0 Å². The second kappa shape index (κ2) is 11.3. The SMILES string of the molecule is CCCCCCCNCCCCc1ccc([N+](=O)[O-])cc1. The lowest BCUT2D eigenvalue weighted by Gasteiger charge is -2.05. The quantitative estimate of drug-likeness (QED) is 0.351. The zero-order chi connectivity index (χ0) is 15.3. The second-order valence-corrected chi connectivity index (χ2v) is 5.54. The predicted molar refractivity (Wildman–Crippen MR) is 87.7 cm³/mol. The van der Waals surface area contributed by atoms with Gasteiger partial charge < -0.3 is 5.32 Å². The summed E-state index contributed by atoms with van der Waals surface area (Å²) >= 11 is 0. The molecule has 0 bridgehead atoms. The molecule has 118 valence electrons. The third kappa shape index (κ3) is 8.45. The Labute approximate surface area is 128 Å². The summed E-state index contributed by atoms with van der Waals surface area (Å²) in [6, 6.07) is 6.90. The zero-order valence-corrected chi connectivity index (χ0v) is 13.1. The van der Waals surface area contributed by atoms with Crippen molar-refractivity contribution in [2.75, 3.05) is 13.1 Å². The molecule has 1 aromatic carbocycles. The highest BCUT2D eigenvalue weighted by atomic mass is 16.6. The largest absolute Gasteiger partial charge is 0.317 e. The van der Waals surface area contributed by atoms with Gasteiger partial charge >= 0.3 is 0 Å². The molecular weight excluding hydrogens is 264 g/mol. The normalized spacial score (nSPS) is 10.7. The Morgan fingerprint density at radius 1 is 0.952 bits per heavy atom. The molecule has 0 spiro atoms.